The number of nitrogens with one attached hydrogen (secondary N) is 3. The summed E-state index contributed by atoms with van der Waals surface area (Å²) in [4.78, 5) is 21.8. The van der Waals surface area contributed by atoms with Gasteiger partial charge in [0, 0.05) is 31.1 Å². The normalized spacial score (nSPS) is 15.2. The second kappa shape index (κ2) is 9.66. The number of nitro groups is 1. The Balaban J connectivity index is 0.00000312. The minimum Gasteiger partial charge on any atom is -0.355 e. The zero-order valence-corrected chi connectivity index (χ0v) is 15.1. The first-order valence-electron chi connectivity index (χ1n) is 7.63. The maximum atomic E-state index is 12.1. The number of hydrogen-bond donors (Lipinski definition) is 3. The van der Waals surface area contributed by atoms with E-state index in [0.717, 1.165) is 38.1 Å². The van der Waals surface area contributed by atoms with Crippen molar-refractivity contribution in [2.45, 2.75) is 17.7 Å². The van der Waals surface area contributed by atoms with Gasteiger partial charge in [-0.25, -0.2) is 13.1 Å². The molecular weight excluding hydrogens is 372 g/mol. The molecular formula is C14H21ClN4O5S. The van der Waals surface area contributed by atoms with Gasteiger partial charge in [0.2, 0.25) is 15.9 Å². The number of amides is 1. The summed E-state index contributed by atoms with van der Waals surface area (Å²) in [5.74, 6) is -0.0939. The van der Waals surface area contributed by atoms with E-state index in [-0.39, 0.29) is 47.9 Å². The third-order valence-corrected chi connectivity index (χ3v) is 5.26. The van der Waals surface area contributed by atoms with E-state index in [9.17, 15) is 23.3 Å². The number of nitro benzene ring substituents is 1. The van der Waals surface area contributed by atoms with Crippen molar-refractivity contribution in [2.24, 2.45) is 5.92 Å². The van der Waals surface area contributed by atoms with Crippen LogP contribution in [0.3, 0.4) is 0 Å². The molecule has 0 spiro atoms. The molecule has 1 aliphatic rings. The van der Waals surface area contributed by atoms with Crippen LogP contribution in [0.5, 0.6) is 0 Å². The van der Waals surface area contributed by atoms with Crippen molar-refractivity contribution in [2.75, 3.05) is 26.2 Å². The number of rotatable bonds is 7. The van der Waals surface area contributed by atoms with Gasteiger partial charge in [0.05, 0.1) is 9.82 Å². The lowest BCUT2D eigenvalue weighted by Crippen LogP contribution is -2.41. The molecule has 0 aromatic heterocycles. The van der Waals surface area contributed by atoms with E-state index in [2.05, 4.69) is 15.4 Å². The van der Waals surface area contributed by atoms with Crippen LogP contribution in [-0.2, 0) is 14.8 Å². The maximum Gasteiger partial charge on any atom is 0.269 e. The van der Waals surface area contributed by atoms with E-state index >= 15 is 0 Å². The van der Waals surface area contributed by atoms with Gasteiger partial charge in [-0.2, -0.15) is 0 Å². The summed E-state index contributed by atoms with van der Waals surface area (Å²) in [7, 11) is -3.76. The van der Waals surface area contributed by atoms with Crippen molar-refractivity contribution < 1.29 is 18.1 Å². The number of halogens is 1. The molecule has 11 heteroatoms. The van der Waals surface area contributed by atoms with Gasteiger partial charge >= 0.3 is 0 Å². The van der Waals surface area contributed by atoms with Crippen LogP contribution in [0, 0.1) is 16.0 Å². The van der Waals surface area contributed by atoms with Crippen LogP contribution < -0.4 is 15.4 Å². The van der Waals surface area contributed by atoms with Crippen LogP contribution in [-0.4, -0.2) is 45.4 Å². The summed E-state index contributed by atoms with van der Waals surface area (Å²) in [6, 6.07) is 4.61. The first kappa shape index (κ1) is 21.3. The average Bonchev–Trinajstić information content (AvgIpc) is 2.59. The standard InChI is InChI=1S/C14H20N4O5S.ClH/c19-14(11-5-7-15-8-6-11)16-9-10-17-24(22,23)13-3-1-12(2-4-13)18(20)21;/h1-4,11,15,17H,5-10H2,(H,16,19);1H. The number of sulfonamides is 1. The molecule has 0 radical (unpaired) electrons. The molecule has 0 bridgehead atoms. The highest BCUT2D eigenvalue weighted by molar-refractivity contribution is 7.89. The highest BCUT2D eigenvalue weighted by atomic mass is 35.5. The fourth-order valence-corrected chi connectivity index (χ4v) is 3.46. The second-order valence-corrected chi connectivity index (χ2v) is 7.23. The zero-order chi connectivity index (χ0) is 17.6. The number of benzene rings is 1. The number of hydrogen-bond acceptors (Lipinski definition) is 6. The van der Waals surface area contributed by atoms with Gasteiger partial charge in [0.1, 0.15) is 0 Å². The van der Waals surface area contributed by atoms with Crippen molar-refractivity contribution >= 4 is 34.0 Å². The van der Waals surface area contributed by atoms with Gasteiger partial charge in [0.25, 0.3) is 5.69 Å². The summed E-state index contributed by atoms with van der Waals surface area (Å²) < 4.78 is 26.5. The molecule has 1 amide bonds. The fraction of sp³-hybridized carbons (Fsp3) is 0.500. The molecule has 2 rings (SSSR count). The summed E-state index contributed by atoms with van der Waals surface area (Å²) in [6.07, 6.45) is 1.56. The largest absolute Gasteiger partial charge is 0.355 e. The smallest absolute Gasteiger partial charge is 0.269 e. The molecule has 3 N–H and O–H groups in total. The van der Waals surface area contributed by atoms with Crippen molar-refractivity contribution in [3.05, 3.63) is 34.4 Å². The summed E-state index contributed by atoms with van der Waals surface area (Å²) in [6.45, 7) is 1.86. The summed E-state index contributed by atoms with van der Waals surface area (Å²) >= 11 is 0. The first-order chi connectivity index (χ1) is 11.4. The van der Waals surface area contributed by atoms with Gasteiger partial charge < -0.3 is 10.6 Å². The number of nitrogens with zero attached hydrogens (tertiary/aromatic N) is 1. The fourth-order valence-electron chi connectivity index (χ4n) is 2.43. The molecule has 1 aromatic rings. The molecule has 1 saturated heterocycles. The van der Waals surface area contributed by atoms with Crippen LogP contribution in [0.25, 0.3) is 0 Å². The van der Waals surface area contributed by atoms with E-state index in [0.29, 0.717) is 0 Å². The van der Waals surface area contributed by atoms with Crippen molar-refractivity contribution in [3.63, 3.8) is 0 Å². The average molecular weight is 393 g/mol. The monoisotopic (exact) mass is 392 g/mol. The Kier molecular flexibility index (Phi) is 8.23. The van der Waals surface area contributed by atoms with E-state index in [4.69, 9.17) is 0 Å². The molecule has 1 aromatic carbocycles. The van der Waals surface area contributed by atoms with Crippen molar-refractivity contribution in [1.82, 2.24) is 15.4 Å². The van der Waals surface area contributed by atoms with E-state index in [1.807, 2.05) is 0 Å². The van der Waals surface area contributed by atoms with Gasteiger partial charge in [-0.1, -0.05) is 0 Å². The molecule has 1 aliphatic heterocycles. The van der Waals surface area contributed by atoms with Crippen molar-refractivity contribution in [3.8, 4) is 0 Å². The molecule has 0 unspecified atom stereocenters. The number of piperidine rings is 1. The Morgan fingerprint density at radius 1 is 1.20 bits per heavy atom. The molecule has 9 nitrogen and oxygen atoms in total. The van der Waals surface area contributed by atoms with Crippen LogP contribution in [0.2, 0.25) is 0 Å². The minimum atomic E-state index is -3.76. The molecule has 0 atom stereocenters. The Labute approximate surface area is 152 Å². The predicted octanol–water partition coefficient (Wildman–Crippen LogP) is 0.411. The minimum absolute atomic E-state index is 0. The second-order valence-electron chi connectivity index (χ2n) is 5.46. The number of carbonyl (C=O) groups excluding carboxylic acids is 1. The quantitative estimate of drug-likeness (QED) is 0.350. The molecule has 0 saturated carbocycles. The van der Waals surface area contributed by atoms with Crippen LogP contribution >= 0.6 is 12.4 Å². The number of carbonyl (C=O) groups is 1. The summed E-state index contributed by atoms with van der Waals surface area (Å²) in [5.41, 5.74) is -0.178. The van der Waals surface area contributed by atoms with Crippen LogP contribution in [0.4, 0.5) is 5.69 Å². The van der Waals surface area contributed by atoms with Crippen LogP contribution in [0.1, 0.15) is 12.8 Å². The topological polar surface area (TPSA) is 130 Å². The molecule has 1 heterocycles. The molecule has 1 fully saturated rings. The Morgan fingerprint density at radius 3 is 2.36 bits per heavy atom. The predicted molar refractivity (Wildman–Crippen MR) is 94.1 cm³/mol. The third-order valence-electron chi connectivity index (χ3n) is 3.78. The van der Waals surface area contributed by atoms with Crippen molar-refractivity contribution in [1.29, 1.82) is 0 Å². The number of non-ortho nitro benzene ring substituents is 1. The third kappa shape index (κ3) is 6.24. The highest BCUT2D eigenvalue weighted by Crippen LogP contribution is 2.15. The van der Waals surface area contributed by atoms with Gasteiger partial charge in [-0.05, 0) is 38.1 Å². The van der Waals surface area contributed by atoms with Gasteiger partial charge in [-0.3, -0.25) is 14.9 Å². The zero-order valence-electron chi connectivity index (χ0n) is 13.4. The van der Waals surface area contributed by atoms with E-state index in [1.165, 1.54) is 12.1 Å². The first-order valence-corrected chi connectivity index (χ1v) is 9.11. The van der Waals surface area contributed by atoms with E-state index in [1.54, 1.807) is 0 Å². The molecule has 25 heavy (non-hydrogen) atoms. The maximum absolute atomic E-state index is 12.1. The lowest BCUT2D eigenvalue weighted by Gasteiger charge is -2.21. The van der Waals surface area contributed by atoms with Gasteiger partial charge in [0.15, 0.2) is 0 Å². The SMILES string of the molecule is Cl.O=C(NCCNS(=O)(=O)c1ccc([N+](=O)[O-])cc1)C1CCNCC1. The Bertz CT molecular complexity index is 690. The van der Waals surface area contributed by atoms with Gasteiger partial charge in [-0.15, -0.1) is 12.4 Å². The summed E-state index contributed by atoms with van der Waals surface area (Å²) in [5, 5.41) is 16.5. The van der Waals surface area contributed by atoms with E-state index < -0.39 is 14.9 Å². The highest BCUT2D eigenvalue weighted by Gasteiger charge is 2.20. The molecule has 0 aliphatic carbocycles. The van der Waals surface area contributed by atoms with Crippen LogP contribution in [0.15, 0.2) is 29.2 Å². The lowest BCUT2D eigenvalue weighted by atomic mass is 9.97. The Morgan fingerprint density at radius 2 is 1.80 bits per heavy atom. The lowest BCUT2D eigenvalue weighted by molar-refractivity contribution is -0.384. The Hall–Kier alpha value is -1.75. The molecule has 140 valence electrons.